The van der Waals surface area contributed by atoms with Gasteiger partial charge in [0.2, 0.25) is 0 Å². The number of hydrogen-bond donors (Lipinski definition) is 1. The van der Waals surface area contributed by atoms with Gasteiger partial charge in [-0.2, -0.15) is 0 Å². The molecule has 5 heteroatoms. The number of carbonyl (C=O) groups is 1. The van der Waals surface area contributed by atoms with Gasteiger partial charge in [0.1, 0.15) is 0 Å². The third-order valence-electron chi connectivity index (χ3n) is 3.23. The lowest BCUT2D eigenvalue weighted by molar-refractivity contribution is 0.0657. The Hall–Kier alpha value is -1.11. The van der Waals surface area contributed by atoms with E-state index in [4.69, 9.17) is 16.3 Å². The normalized spacial score (nSPS) is 10.8. The number of hydrogen-bond acceptors (Lipinski definition) is 2. The highest BCUT2D eigenvalue weighted by molar-refractivity contribution is 14.1. The van der Waals surface area contributed by atoms with Crippen LogP contribution in [0.4, 0.5) is 0 Å². The molecular weight excluding hydrogens is 425 g/mol. The Balaban J connectivity index is 1.92. The summed E-state index contributed by atoms with van der Waals surface area (Å²) < 4.78 is 6.45. The molecule has 0 aliphatic heterocycles. The third kappa shape index (κ3) is 5.79. The van der Waals surface area contributed by atoms with E-state index in [2.05, 4.69) is 27.9 Å². The number of ether oxygens (including phenoxy) is 1. The van der Waals surface area contributed by atoms with E-state index in [1.165, 1.54) is 0 Å². The van der Waals surface area contributed by atoms with E-state index in [0.29, 0.717) is 23.7 Å². The van der Waals surface area contributed by atoms with Crippen molar-refractivity contribution in [1.82, 2.24) is 5.32 Å². The van der Waals surface area contributed by atoms with Gasteiger partial charge >= 0.3 is 0 Å². The summed E-state index contributed by atoms with van der Waals surface area (Å²) in [6, 6.07) is 13.3. The first-order valence-corrected chi connectivity index (χ1v) is 8.84. The van der Waals surface area contributed by atoms with Gasteiger partial charge < -0.3 is 10.1 Å². The molecule has 0 unspecified atom stereocenters. The van der Waals surface area contributed by atoms with E-state index in [1.807, 2.05) is 44.2 Å². The minimum atomic E-state index is -0.121. The number of nitrogens with one attached hydrogen (secondary N) is 1. The van der Waals surface area contributed by atoms with Crippen LogP contribution in [-0.2, 0) is 17.9 Å². The van der Waals surface area contributed by atoms with E-state index in [9.17, 15) is 4.79 Å². The lowest BCUT2D eigenvalue weighted by Gasteiger charge is -2.10. The molecule has 0 saturated carbocycles. The summed E-state index contributed by atoms with van der Waals surface area (Å²) in [6.45, 7) is 5.11. The van der Waals surface area contributed by atoms with Crippen molar-refractivity contribution in [3.05, 3.63) is 67.7 Å². The van der Waals surface area contributed by atoms with Crippen molar-refractivity contribution in [1.29, 1.82) is 0 Å². The van der Waals surface area contributed by atoms with Crippen LogP contribution >= 0.6 is 34.2 Å². The van der Waals surface area contributed by atoms with Gasteiger partial charge in [-0.25, -0.2) is 0 Å². The van der Waals surface area contributed by atoms with Gasteiger partial charge in [0.05, 0.1) is 18.3 Å². The molecule has 0 aliphatic carbocycles. The van der Waals surface area contributed by atoms with E-state index in [-0.39, 0.29) is 12.0 Å². The minimum absolute atomic E-state index is 0.121. The molecule has 1 N–H and O–H groups in total. The van der Waals surface area contributed by atoms with Crippen LogP contribution in [0.25, 0.3) is 0 Å². The summed E-state index contributed by atoms with van der Waals surface area (Å²) in [6.07, 6.45) is 0.217. The van der Waals surface area contributed by atoms with E-state index in [1.54, 1.807) is 12.1 Å². The van der Waals surface area contributed by atoms with E-state index in [0.717, 1.165) is 14.7 Å². The van der Waals surface area contributed by atoms with Crippen molar-refractivity contribution >= 4 is 40.1 Å². The number of amides is 1. The SMILES string of the molecule is CC(C)OCc1ccc(CNC(=O)c2cc(Cl)ccc2I)cc1. The molecule has 0 fully saturated rings. The molecule has 2 rings (SSSR count). The number of carbonyl (C=O) groups excluding carboxylic acids is 1. The molecule has 0 saturated heterocycles. The summed E-state index contributed by atoms with van der Waals surface area (Å²) in [5.41, 5.74) is 2.77. The molecule has 0 bridgehead atoms. The Morgan fingerprint density at radius 1 is 1.17 bits per heavy atom. The van der Waals surface area contributed by atoms with Gasteiger partial charge in [-0.15, -0.1) is 0 Å². The summed E-state index contributed by atoms with van der Waals surface area (Å²) in [5.74, 6) is -0.121. The quantitative estimate of drug-likeness (QED) is 0.651. The second-order valence-corrected chi connectivity index (χ2v) is 7.08. The topological polar surface area (TPSA) is 38.3 Å². The average Bonchev–Trinajstić information content (AvgIpc) is 2.53. The van der Waals surface area contributed by atoms with Crippen molar-refractivity contribution in [3.8, 4) is 0 Å². The Labute approximate surface area is 155 Å². The van der Waals surface area contributed by atoms with Crippen molar-refractivity contribution < 1.29 is 9.53 Å². The van der Waals surface area contributed by atoms with Crippen LogP contribution in [0.1, 0.15) is 35.3 Å². The van der Waals surface area contributed by atoms with Gasteiger partial charge in [-0.05, 0) is 65.8 Å². The van der Waals surface area contributed by atoms with Crippen LogP contribution in [0, 0.1) is 3.57 Å². The molecular formula is C18H19ClINO2. The van der Waals surface area contributed by atoms with Crippen molar-refractivity contribution in [3.63, 3.8) is 0 Å². The minimum Gasteiger partial charge on any atom is -0.374 e. The number of rotatable bonds is 6. The molecule has 23 heavy (non-hydrogen) atoms. The number of benzene rings is 2. The molecule has 2 aromatic rings. The van der Waals surface area contributed by atoms with Gasteiger partial charge in [0, 0.05) is 15.1 Å². The molecule has 122 valence electrons. The Kier molecular flexibility index (Phi) is 6.87. The first kappa shape index (κ1) is 18.2. The smallest absolute Gasteiger partial charge is 0.252 e. The zero-order chi connectivity index (χ0) is 16.8. The highest BCUT2D eigenvalue weighted by Crippen LogP contribution is 2.18. The summed E-state index contributed by atoms with van der Waals surface area (Å²) in [7, 11) is 0. The zero-order valence-electron chi connectivity index (χ0n) is 13.1. The molecule has 0 atom stereocenters. The maximum atomic E-state index is 12.2. The molecule has 0 heterocycles. The van der Waals surface area contributed by atoms with Crippen LogP contribution in [0.5, 0.6) is 0 Å². The van der Waals surface area contributed by atoms with E-state index < -0.39 is 0 Å². The van der Waals surface area contributed by atoms with E-state index >= 15 is 0 Å². The zero-order valence-corrected chi connectivity index (χ0v) is 16.0. The van der Waals surface area contributed by atoms with Gasteiger partial charge in [0.25, 0.3) is 5.91 Å². The van der Waals surface area contributed by atoms with Crippen molar-refractivity contribution in [2.75, 3.05) is 0 Å². The lowest BCUT2D eigenvalue weighted by atomic mass is 10.1. The summed E-state index contributed by atoms with van der Waals surface area (Å²) in [5, 5.41) is 3.48. The third-order valence-corrected chi connectivity index (χ3v) is 4.41. The van der Waals surface area contributed by atoms with Crippen LogP contribution in [0.2, 0.25) is 5.02 Å². The van der Waals surface area contributed by atoms with Crippen LogP contribution < -0.4 is 5.32 Å². The predicted molar refractivity (Wildman–Crippen MR) is 102 cm³/mol. The summed E-state index contributed by atoms with van der Waals surface area (Å²) in [4.78, 5) is 12.2. The highest BCUT2D eigenvalue weighted by Gasteiger charge is 2.10. The standard InChI is InChI=1S/C18H19ClINO2/c1-12(2)23-11-14-5-3-13(4-6-14)10-21-18(22)16-9-15(19)7-8-17(16)20/h3-9,12H,10-11H2,1-2H3,(H,21,22). The van der Waals surface area contributed by atoms with Gasteiger partial charge in [-0.1, -0.05) is 35.9 Å². The maximum absolute atomic E-state index is 12.2. The van der Waals surface area contributed by atoms with Crippen LogP contribution in [-0.4, -0.2) is 12.0 Å². The molecule has 0 radical (unpaired) electrons. The first-order valence-electron chi connectivity index (χ1n) is 7.38. The predicted octanol–water partition coefficient (Wildman–Crippen LogP) is 4.80. The van der Waals surface area contributed by atoms with Gasteiger partial charge in [-0.3, -0.25) is 4.79 Å². The second kappa shape index (κ2) is 8.66. The molecule has 0 aliphatic rings. The molecule has 0 spiro atoms. The van der Waals surface area contributed by atoms with Gasteiger partial charge in [0.15, 0.2) is 0 Å². The fourth-order valence-corrected chi connectivity index (χ4v) is 2.72. The Morgan fingerprint density at radius 3 is 2.48 bits per heavy atom. The monoisotopic (exact) mass is 443 g/mol. The van der Waals surface area contributed by atoms with Crippen molar-refractivity contribution in [2.24, 2.45) is 0 Å². The maximum Gasteiger partial charge on any atom is 0.252 e. The first-order chi connectivity index (χ1) is 11.0. The molecule has 1 amide bonds. The lowest BCUT2D eigenvalue weighted by Crippen LogP contribution is -2.23. The van der Waals surface area contributed by atoms with Crippen LogP contribution in [0.3, 0.4) is 0 Å². The highest BCUT2D eigenvalue weighted by atomic mass is 127. The Bertz CT molecular complexity index is 671. The molecule has 0 aromatic heterocycles. The van der Waals surface area contributed by atoms with Crippen molar-refractivity contribution in [2.45, 2.75) is 33.1 Å². The Morgan fingerprint density at radius 2 is 1.83 bits per heavy atom. The average molecular weight is 444 g/mol. The largest absolute Gasteiger partial charge is 0.374 e. The van der Waals surface area contributed by atoms with Crippen LogP contribution in [0.15, 0.2) is 42.5 Å². The molecule has 3 nitrogen and oxygen atoms in total. The fraction of sp³-hybridized carbons (Fsp3) is 0.278. The molecule has 2 aromatic carbocycles. The summed E-state index contributed by atoms with van der Waals surface area (Å²) >= 11 is 8.08. The second-order valence-electron chi connectivity index (χ2n) is 5.48. The fourth-order valence-electron chi connectivity index (χ4n) is 1.97. The number of halogens is 2.